The fourth-order valence-electron chi connectivity index (χ4n) is 0.955. The van der Waals surface area contributed by atoms with Crippen molar-refractivity contribution in [2.75, 3.05) is 0 Å². The molecule has 0 amide bonds. The Labute approximate surface area is 70.8 Å². The highest BCUT2D eigenvalue weighted by Gasteiger charge is 2.10. The van der Waals surface area contributed by atoms with Crippen molar-refractivity contribution >= 4 is 5.97 Å². The van der Waals surface area contributed by atoms with Crippen LogP contribution in [0, 0.1) is 0 Å². The fourth-order valence-corrected chi connectivity index (χ4v) is 0.955. The van der Waals surface area contributed by atoms with Gasteiger partial charge in [0.2, 0.25) is 0 Å². The van der Waals surface area contributed by atoms with Crippen LogP contribution in [0.3, 0.4) is 0 Å². The zero-order chi connectivity index (χ0) is 8.97. The molecule has 0 saturated carbocycles. The summed E-state index contributed by atoms with van der Waals surface area (Å²) >= 11 is 0. The predicted molar refractivity (Wildman–Crippen MR) is 45.8 cm³/mol. The van der Waals surface area contributed by atoms with Gasteiger partial charge in [0.1, 0.15) is 6.04 Å². The third-order valence-corrected chi connectivity index (χ3v) is 1.62. The number of carbonyl (C=O) groups is 1. The SMILES string of the molecule is N[14CH]([14CH2]c1ccccc1)[14C](=O)O. The molecule has 0 aliphatic heterocycles. The van der Waals surface area contributed by atoms with E-state index in [1.165, 1.54) is 0 Å². The molecule has 3 N–H and O–H groups in total. The summed E-state index contributed by atoms with van der Waals surface area (Å²) < 4.78 is 0. The van der Waals surface area contributed by atoms with Crippen LogP contribution in [0.2, 0.25) is 0 Å². The van der Waals surface area contributed by atoms with Gasteiger partial charge in [-0.25, -0.2) is 0 Å². The molecule has 12 heavy (non-hydrogen) atoms. The molecule has 1 rings (SSSR count). The molecular formula is C9H11NO2. The zero-order valence-electron chi connectivity index (χ0n) is 6.60. The number of benzene rings is 1. The monoisotopic (exact) mass is 171 g/mol. The highest BCUT2D eigenvalue weighted by atomic mass is 16.7. The molecule has 1 unspecified atom stereocenters. The van der Waals surface area contributed by atoms with Crippen LogP contribution in [-0.2, 0) is 11.2 Å². The summed E-state index contributed by atoms with van der Waals surface area (Å²) in [6, 6.07) is 8.54. The van der Waals surface area contributed by atoms with Crippen molar-refractivity contribution in [2.45, 2.75) is 12.5 Å². The molecule has 1 atom stereocenters. The van der Waals surface area contributed by atoms with Gasteiger partial charge in [0.05, 0.1) is 0 Å². The number of aliphatic carboxylic acids is 1. The van der Waals surface area contributed by atoms with Gasteiger partial charge in [-0.3, -0.25) is 4.79 Å². The summed E-state index contributed by atoms with van der Waals surface area (Å²) in [4.78, 5) is 10.4. The van der Waals surface area contributed by atoms with Gasteiger partial charge in [0.25, 0.3) is 0 Å². The summed E-state index contributed by atoms with van der Waals surface area (Å²) in [6.07, 6.45) is 0.385. The van der Waals surface area contributed by atoms with Gasteiger partial charge >= 0.3 is 5.97 Å². The molecule has 1 aromatic rings. The highest BCUT2D eigenvalue weighted by molar-refractivity contribution is 5.73. The molecule has 0 radical (unpaired) electrons. The average molecular weight is 171 g/mol. The van der Waals surface area contributed by atoms with Crippen molar-refractivity contribution < 1.29 is 9.90 Å². The maximum Gasteiger partial charge on any atom is 0.320 e. The van der Waals surface area contributed by atoms with E-state index in [1.54, 1.807) is 0 Å². The van der Waals surface area contributed by atoms with E-state index in [1.807, 2.05) is 30.3 Å². The minimum atomic E-state index is -0.959. The first kappa shape index (κ1) is 8.74. The molecule has 0 fully saturated rings. The third-order valence-electron chi connectivity index (χ3n) is 1.62. The summed E-state index contributed by atoms with van der Waals surface area (Å²) in [5.74, 6) is -0.959. The summed E-state index contributed by atoms with van der Waals surface area (Å²) in [5, 5.41) is 8.52. The van der Waals surface area contributed by atoms with Crippen LogP contribution in [0.15, 0.2) is 30.3 Å². The number of carboxylic acids is 1. The van der Waals surface area contributed by atoms with Gasteiger partial charge in [0, 0.05) is 0 Å². The van der Waals surface area contributed by atoms with Crippen molar-refractivity contribution in [3.8, 4) is 0 Å². The molecular weight excluding hydrogens is 160 g/mol. The first-order chi connectivity index (χ1) is 5.70. The van der Waals surface area contributed by atoms with Crippen molar-refractivity contribution in [3.05, 3.63) is 35.9 Å². The van der Waals surface area contributed by atoms with Gasteiger partial charge in [-0.15, -0.1) is 0 Å². The summed E-state index contributed by atoms with van der Waals surface area (Å²) in [6.45, 7) is 0. The molecule has 0 aromatic heterocycles. The molecule has 0 aliphatic rings. The summed E-state index contributed by atoms with van der Waals surface area (Å²) in [7, 11) is 0. The van der Waals surface area contributed by atoms with E-state index < -0.39 is 12.0 Å². The van der Waals surface area contributed by atoms with E-state index in [4.69, 9.17) is 10.8 Å². The molecule has 3 heteroatoms. The van der Waals surface area contributed by atoms with E-state index in [9.17, 15) is 4.79 Å². The first-order valence-corrected chi connectivity index (χ1v) is 3.72. The highest BCUT2D eigenvalue weighted by Crippen LogP contribution is 2.01. The second-order valence-corrected chi connectivity index (χ2v) is 2.63. The van der Waals surface area contributed by atoms with Gasteiger partial charge in [-0.1, -0.05) is 30.3 Å². The van der Waals surface area contributed by atoms with Crippen LogP contribution in [0.1, 0.15) is 5.56 Å². The third kappa shape index (κ3) is 2.36. The molecule has 0 heterocycles. The Morgan fingerprint density at radius 3 is 2.50 bits per heavy atom. The second-order valence-electron chi connectivity index (χ2n) is 2.63. The normalized spacial score (nSPS) is 12.4. The van der Waals surface area contributed by atoms with E-state index in [2.05, 4.69) is 0 Å². The van der Waals surface area contributed by atoms with Crippen LogP contribution < -0.4 is 5.73 Å². The Balaban J connectivity index is 2.58. The zero-order valence-corrected chi connectivity index (χ0v) is 6.60. The average Bonchev–Trinajstić information content (AvgIpc) is 2.06. The van der Waals surface area contributed by atoms with Gasteiger partial charge in [-0.2, -0.15) is 0 Å². The number of rotatable bonds is 3. The minimum Gasteiger partial charge on any atom is -0.480 e. The second kappa shape index (κ2) is 3.88. The maximum absolute atomic E-state index is 10.4. The van der Waals surface area contributed by atoms with Crippen LogP contribution in [0.25, 0.3) is 0 Å². The first-order valence-electron chi connectivity index (χ1n) is 3.72. The lowest BCUT2D eigenvalue weighted by Crippen LogP contribution is -2.32. The lowest BCUT2D eigenvalue weighted by Gasteiger charge is -2.04. The number of hydrogen-bond donors (Lipinski definition) is 2. The topological polar surface area (TPSA) is 63.3 Å². The van der Waals surface area contributed by atoms with Crippen molar-refractivity contribution in [3.63, 3.8) is 0 Å². The number of carboxylic acid groups (broad SMARTS) is 1. The largest absolute Gasteiger partial charge is 0.480 e. The Morgan fingerprint density at radius 2 is 2.00 bits per heavy atom. The molecule has 0 spiro atoms. The number of hydrogen-bond acceptors (Lipinski definition) is 2. The van der Waals surface area contributed by atoms with E-state index in [0.717, 1.165) is 5.56 Å². The molecule has 1 aromatic carbocycles. The smallest absolute Gasteiger partial charge is 0.320 e. The summed E-state index contributed by atoms with van der Waals surface area (Å²) in [5.41, 5.74) is 6.30. The van der Waals surface area contributed by atoms with Crippen LogP contribution in [0.5, 0.6) is 0 Å². The predicted octanol–water partition coefficient (Wildman–Crippen LogP) is 0.641. The molecule has 0 aliphatic carbocycles. The van der Waals surface area contributed by atoms with Crippen LogP contribution >= 0.6 is 0 Å². The minimum absolute atomic E-state index is 0.385. The van der Waals surface area contributed by atoms with Crippen molar-refractivity contribution in [2.24, 2.45) is 5.73 Å². The van der Waals surface area contributed by atoms with Gasteiger partial charge < -0.3 is 10.8 Å². The van der Waals surface area contributed by atoms with E-state index in [-0.39, 0.29) is 0 Å². The van der Waals surface area contributed by atoms with Gasteiger partial charge in [-0.05, 0) is 12.0 Å². The van der Waals surface area contributed by atoms with E-state index in [0.29, 0.717) is 6.42 Å². The van der Waals surface area contributed by atoms with E-state index >= 15 is 0 Å². The maximum atomic E-state index is 10.4. The molecule has 3 nitrogen and oxygen atoms in total. The van der Waals surface area contributed by atoms with Crippen molar-refractivity contribution in [1.82, 2.24) is 0 Å². The van der Waals surface area contributed by atoms with Crippen molar-refractivity contribution in [1.29, 1.82) is 0 Å². The lowest BCUT2D eigenvalue weighted by atomic mass is 10.3. The van der Waals surface area contributed by atoms with Crippen LogP contribution in [0.4, 0.5) is 0 Å². The Hall–Kier alpha value is -1.35. The number of nitrogens with two attached hydrogens (primary N) is 1. The quantitative estimate of drug-likeness (QED) is 0.701. The standard InChI is InChI=1S/C9H11NO2/c10-8(9(11)12)6-7-4-2-1-3-5-7/h1-5,8H,6,10H2,(H,11,12)/i6+2,8+2,9+2. The molecule has 0 saturated heterocycles. The molecule has 64 valence electrons. The van der Waals surface area contributed by atoms with Crippen LogP contribution in [-0.4, -0.2) is 17.1 Å². The Bertz CT molecular complexity index is 258. The lowest BCUT2D eigenvalue weighted by molar-refractivity contribution is -0.138. The van der Waals surface area contributed by atoms with Gasteiger partial charge in [0.15, 0.2) is 0 Å². The Morgan fingerprint density at radius 1 is 1.42 bits per heavy atom. The Kier molecular flexibility index (Phi) is 2.82. The fraction of sp³-hybridized carbons (Fsp3) is 0.222. The molecule has 0 bridgehead atoms.